The minimum absolute atomic E-state index is 0.232. The molecule has 1 aromatic heterocycles. The van der Waals surface area contributed by atoms with Gasteiger partial charge in [-0.2, -0.15) is 0 Å². The van der Waals surface area contributed by atoms with Crippen molar-refractivity contribution < 1.29 is 14.3 Å². The Morgan fingerprint density at radius 3 is 2.79 bits per heavy atom. The monoisotopic (exact) mass is 324 g/mol. The third-order valence-corrected chi connectivity index (χ3v) is 4.01. The summed E-state index contributed by atoms with van der Waals surface area (Å²) in [5.41, 5.74) is 4.12. The maximum atomic E-state index is 12.1. The molecule has 0 aliphatic heterocycles. The summed E-state index contributed by atoms with van der Waals surface area (Å²) in [5.74, 6) is -0.612. The van der Waals surface area contributed by atoms with E-state index in [1.54, 1.807) is 13.0 Å². The number of fused-ring (bicyclic) bond motifs is 1. The highest BCUT2D eigenvalue weighted by Crippen LogP contribution is 2.29. The van der Waals surface area contributed by atoms with Gasteiger partial charge in [-0.05, 0) is 50.0 Å². The molecule has 0 unspecified atom stereocenters. The SMILES string of the molecule is CCOC(=O)c1[nH]c2c(c1/C=C/C(=O)Nc1ccccc1)CCC2. The van der Waals surface area contributed by atoms with E-state index < -0.39 is 0 Å². The molecule has 3 rings (SSSR count). The van der Waals surface area contributed by atoms with Crippen LogP contribution in [-0.2, 0) is 22.4 Å². The van der Waals surface area contributed by atoms with Crippen LogP contribution in [0.5, 0.6) is 0 Å². The number of carbonyl (C=O) groups is 2. The average Bonchev–Trinajstić information content (AvgIpc) is 3.15. The number of H-pyrrole nitrogens is 1. The fourth-order valence-electron chi connectivity index (χ4n) is 2.96. The summed E-state index contributed by atoms with van der Waals surface area (Å²) in [4.78, 5) is 27.4. The summed E-state index contributed by atoms with van der Waals surface area (Å²) in [5, 5.41) is 2.79. The van der Waals surface area contributed by atoms with E-state index >= 15 is 0 Å². The van der Waals surface area contributed by atoms with Crippen LogP contribution in [0.4, 0.5) is 5.69 Å². The van der Waals surface area contributed by atoms with E-state index in [-0.39, 0.29) is 11.9 Å². The number of aryl methyl sites for hydroxylation is 1. The van der Waals surface area contributed by atoms with Crippen LogP contribution >= 0.6 is 0 Å². The quantitative estimate of drug-likeness (QED) is 0.654. The van der Waals surface area contributed by atoms with Crippen LogP contribution in [0.1, 0.15) is 40.7 Å². The van der Waals surface area contributed by atoms with Gasteiger partial charge >= 0.3 is 5.97 Å². The molecule has 0 bridgehead atoms. The molecule has 0 saturated heterocycles. The third kappa shape index (κ3) is 3.40. The topological polar surface area (TPSA) is 71.2 Å². The van der Waals surface area contributed by atoms with Crippen molar-refractivity contribution in [1.29, 1.82) is 0 Å². The van der Waals surface area contributed by atoms with Gasteiger partial charge < -0.3 is 15.0 Å². The Morgan fingerprint density at radius 2 is 2.04 bits per heavy atom. The minimum Gasteiger partial charge on any atom is -0.461 e. The molecule has 1 heterocycles. The summed E-state index contributed by atoms with van der Waals surface area (Å²) in [6.45, 7) is 2.09. The lowest BCUT2D eigenvalue weighted by Gasteiger charge is -2.03. The first-order valence-electron chi connectivity index (χ1n) is 8.14. The molecule has 0 radical (unpaired) electrons. The summed E-state index contributed by atoms with van der Waals surface area (Å²) in [6, 6.07) is 9.25. The molecule has 5 nitrogen and oxygen atoms in total. The van der Waals surface area contributed by atoms with Gasteiger partial charge in [-0.1, -0.05) is 18.2 Å². The molecule has 0 spiro atoms. The van der Waals surface area contributed by atoms with E-state index in [2.05, 4.69) is 10.3 Å². The molecular formula is C19H20N2O3. The highest BCUT2D eigenvalue weighted by molar-refractivity contribution is 6.03. The predicted octanol–water partition coefficient (Wildman–Crippen LogP) is 3.33. The largest absolute Gasteiger partial charge is 0.461 e. The molecule has 2 N–H and O–H groups in total. The summed E-state index contributed by atoms with van der Waals surface area (Å²) in [6.07, 6.45) is 6.04. The van der Waals surface area contributed by atoms with Crippen LogP contribution in [0.3, 0.4) is 0 Å². The highest BCUT2D eigenvalue weighted by Gasteiger charge is 2.24. The number of benzene rings is 1. The lowest BCUT2D eigenvalue weighted by atomic mass is 10.1. The predicted molar refractivity (Wildman–Crippen MR) is 92.9 cm³/mol. The molecule has 2 aromatic rings. The van der Waals surface area contributed by atoms with Gasteiger partial charge in [0.2, 0.25) is 5.91 Å². The summed E-state index contributed by atoms with van der Waals surface area (Å²) < 4.78 is 5.10. The minimum atomic E-state index is -0.380. The van der Waals surface area contributed by atoms with Crippen LogP contribution < -0.4 is 5.32 Å². The molecule has 1 aliphatic rings. The van der Waals surface area contributed by atoms with Crippen LogP contribution in [-0.4, -0.2) is 23.5 Å². The average molecular weight is 324 g/mol. The lowest BCUT2D eigenvalue weighted by molar-refractivity contribution is -0.111. The van der Waals surface area contributed by atoms with Gasteiger partial charge in [0.15, 0.2) is 0 Å². The highest BCUT2D eigenvalue weighted by atomic mass is 16.5. The molecule has 0 saturated carbocycles. The van der Waals surface area contributed by atoms with Gasteiger partial charge in [0.1, 0.15) is 5.69 Å². The number of amides is 1. The molecule has 124 valence electrons. The van der Waals surface area contributed by atoms with Gasteiger partial charge in [0.25, 0.3) is 0 Å². The van der Waals surface area contributed by atoms with Gasteiger partial charge in [0, 0.05) is 23.0 Å². The van der Waals surface area contributed by atoms with Crippen molar-refractivity contribution in [3.63, 3.8) is 0 Å². The van der Waals surface area contributed by atoms with Gasteiger partial charge in [-0.3, -0.25) is 4.79 Å². The molecular weight excluding hydrogens is 304 g/mol. The van der Waals surface area contributed by atoms with Crippen LogP contribution in [0.15, 0.2) is 36.4 Å². The van der Waals surface area contributed by atoms with Crippen molar-refractivity contribution in [2.75, 3.05) is 11.9 Å². The number of ether oxygens (including phenoxy) is 1. The zero-order chi connectivity index (χ0) is 16.9. The van der Waals surface area contributed by atoms with Gasteiger partial charge in [-0.15, -0.1) is 0 Å². The van der Waals surface area contributed by atoms with E-state index in [4.69, 9.17) is 4.74 Å². The van der Waals surface area contributed by atoms with E-state index in [1.165, 1.54) is 6.08 Å². The third-order valence-electron chi connectivity index (χ3n) is 4.01. The van der Waals surface area contributed by atoms with Crippen molar-refractivity contribution >= 4 is 23.6 Å². The molecule has 1 aromatic carbocycles. The Bertz CT molecular complexity index is 775. The Morgan fingerprint density at radius 1 is 1.25 bits per heavy atom. The van der Waals surface area contributed by atoms with E-state index in [0.717, 1.165) is 41.8 Å². The number of nitrogens with one attached hydrogen (secondary N) is 2. The second-order valence-corrected chi connectivity index (χ2v) is 5.63. The second kappa shape index (κ2) is 7.17. The molecule has 0 fully saturated rings. The fraction of sp³-hybridized carbons (Fsp3) is 0.263. The normalized spacial score (nSPS) is 13.0. The first-order valence-corrected chi connectivity index (χ1v) is 8.14. The number of hydrogen-bond donors (Lipinski definition) is 2. The lowest BCUT2D eigenvalue weighted by Crippen LogP contribution is -2.09. The second-order valence-electron chi connectivity index (χ2n) is 5.63. The maximum Gasteiger partial charge on any atom is 0.355 e. The molecule has 1 aliphatic carbocycles. The Labute approximate surface area is 140 Å². The number of rotatable bonds is 5. The van der Waals surface area contributed by atoms with E-state index in [0.29, 0.717) is 12.3 Å². The number of hydrogen-bond acceptors (Lipinski definition) is 3. The van der Waals surface area contributed by atoms with Crippen molar-refractivity contribution in [3.8, 4) is 0 Å². The van der Waals surface area contributed by atoms with E-state index in [1.807, 2.05) is 30.3 Å². The number of esters is 1. The van der Waals surface area contributed by atoms with Crippen molar-refractivity contribution in [2.24, 2.45) is 0 Å². The molecule has 0 atom stereocenters. The standard InChI is InChI=1S/C19H20N2O3/c1-2-24-19(23)18-15(14-9-6-10-16(14)21-18)11-12-17(22)20-13-7-4-3-5-8-13/h3-5,7-8,11-12,21H,2,6,9-10H2,1H3,(H,20,22)/b12-11+. The zero-order valence-electron chi connectivity index (χ0n) is 13.6. The van der Waals surface area contributed by atoms with Gasteiger partial charge in [0.05, 0.1) is 6.61 Å². The number of anilines is 1. The van der Waals surface area contributed by atoms with Crippen LogP contribution in [0.2, 0.25) is 0 Å². The summed E-state index contributed by atoms with van der Waals surface area (Å²) >= 11 is 0. The van der Waals surface area contributed by atoms with Gasteiger partial charge in [-0.25, -0.2) is 4.79 Å². The smallest absolute Gasteiger partial charge is 0.355 e. The van der Waals surface area contributed by atoms with Crippen molar-refractivity contribution in [2.45, 2.75) is 26.2 Å². The number of carbonyl (C=O) groups excluding carboxylic acids is 2. The first-order chi connectivity index (χ1) is 11.7. The van der Waals surface area contributed by atoms with Crippen molar-refractivity contribution in [3.05, 3.63) is 58.9 Å². The van der Waals surface area contributed by atoms with Crippen molar-refractivity contribution in [1.82, 2.24) is 4.98 Å². The number of aromatic nitrogens is 1. The number of para-hydroxylation sites is 1. The molecule has 5 heteroatoms. The zero-order valence-corrected chi connectivity index (χ0v) is 13.6. The first kappa shape index (κ1) is 16.1. The Balaban J connectivity index is 1.81. The molecule has 24 heavy (non-hydrogen) atoms. The maximum absolute atomic E-state index is 12.1. The van der Waals surface area contributed by atoms with E-state index in [9.17, 15) is 9.59 Å². The van der Waals surface area contributed by atoms with Crippen LogP contribution in [0.25, 0.3) is 6.08 Å². The Hall–Kier alpha value is -2.82. The number of aromatic amines is 1. The molecule has 1 amide bonds. The fourth-order valence-corrected chi connectivity index (χ4v) is 2.96. The summed E-state index contributed by atoms with van der Waals surface area (Å²) in [7, 11) is 0. The Kier molecular flexibility index (Phi) is 4.79. The van der Waals surface area contributed by atoms with Crippen LogP contribution in [0, 0.1) is 0 Å².